The van der Waals surface area contributed by atoms with E-state index >= 15 is 0 Å². The normalized spacial score (nSPS) is 15.5. The highest BCUT2D eigenvalue weighted by molar-refractivity contribution is 7.92. The van der Waals surface area contributed by atoms with Gasteiger partial charge in [-0.2, -0.15) is 4.31 Å². The van der Waals surface area contributed by atoms with E-state index in [0.717, 1.165) is 34.5 Å². The third-order valence-electron chi connectivity index (χ3n) is 5.75. The van der Waals surface area contributed by atoms with Gasteiger partial charge in [-0.05, 0) is 81.1 Å². The van der Waals surface area contributed by atoms with Gasteiger partial charge < -0.3 is 10.1 Å². The molecule has 11 heteroatoms. The van der Waals surface area contributed by atoms with E-state index in [-0.39, 0.29) is 18.0 Å². The van der Waals surface area contributed by atoms with Crippen molar-refractivity contribution in [2.45, 2.75) is 44.6 Å². The summed E-state index contributed by atoms with van der Waals surface area (Å²) < 4.78 is 58.4. The van der Waals surface area contributed by atoms with Crippen molar-refractivity contribution >= 4 is 31.6 Å². The lowest BCUT2D eigenvalue weighted by molar-refractivity contribution is -0.121. The SMILES string of the molecule is Cc1cc(C)cc(N(C(C)C(=O)NCCOc2ccc(S(=O)(=O)N3CCCC3)cc2)S(C)(=O)=O)c1. The van der Waals surface area contributed by atoms with Gasteiger partial charge in [0, 0.05) is 13.1 Å². The van der Waals surface area contributed by atoms with Crippen LogP contribution in [-0.4, -0.2) is 65.6 Å². The summed E-state index contributed by atoms with van der Waals surface area (Å²) in [5.41, 5.74) is 2.23. The number of anilines is 1. The molecular formula is C24H33N3O6S2. The van der Waals surface area contributed by atoms with Crippen LogP contribution in [0.1, 0.15) is 30.9 Å². The Morgan fingerprint density at radius 1 is 1.03 bits per heavy atom. The average molecular weight is 524 g/mol. The molecule has 0 bridgehead atoms. The molecule has 192 valence electrons. The van der Waals surface area contributed by atoms with Crippen molar-refractivity contribution in [2.75, 3.05) is 36.8 Å². The number of aryl methyl sites for hydroxylation is 2. The van der Waals surface area contributed by atoms with E-state index in [0.29, 0.717) is 24.5 Å². The zero-order valence-electron chi connectivity index (χ0n) is 20.5. The summed E-state index contributed by atoms with van der Waals surface area (Å²) in [6, 6.07) is 10.6. The summed E-state index contributed by atoms with van der Waals surface area (Å²) in [5.74, 6) is 0.0194. The number of nitrogens with zero attached hydrogens (tertiary/aromatic N) is 2. The Bertz CT molecular complexity index is 1230. The maximum Gasteiger partial charge on any atom is 0.243 e. The molecule has 1 aliphatic heterocycles. The van der Waals surface area contributed by atoms with Crippen molar-refractivity contribution in [3.8, 4) is 5.75 Å². The first-order valence-electron chi connectivity index (χ1n) is 11.5. The fourth-order valence-corrected chi connectivity index (χ4v) is 6.84. The Morgan fingerprint density at radius 3 is 2.14 bits per heavy atom. The molecular weight excluding hydrogens is 490 g/mol. The lowest BCUT2D eigenvalue weighted by Crippen LogP contribution is -2.48. The Balaban J connectivity index is 1.56. The smallest absolute Gasteiger partial charge is 0.243 e. The lowest BCUT2D eigenvalue weighted by atomic mass is 10.1. The summed E-state index contributed by atoms with van der Waals surface area (Å²) >= 11 is 0. The molecule has 9 nitrogen and oxygen atoms in total. The molecule has 35 heavy (non-hydrogen) atoms. The van der Waals surface area contributed by atoms with Crippen molar-refractivity contribution in [1.29, 1.82) is 0 Å². The fraction of sp³-hybridized carbons (Fsp3) is 0.458. The van der Waals surface area contributed by atoms with Gasteiger partial charge in [0.2, 0.25) is 26.0 Å². The quantitative estimate of drug-likeness (QED) is 0.479. The van der Waals surface area contributed by atoms with Gasteiger partial charge >= 0.3 is 0 Å². The lowest BCUT2D eigenvalue weighted by Gasteiger charge is -2.28. The molecule has 0 aliphatic carbocycles. The number of amides is 1. The number of carbonyl (C=O) groups is 1. The number of hydrogen-bond donors (Lipinski definition) is 1. The second kappa shape index (κ2) is 11.0. The number of hydrogen-bond acceptors (Lipinski definition) is 6. The van der Waals surface area contributed by atoms with Crippen molar-refractivity contribution in [1.82, 2.24) is 9.62 Å². The Labute approximate surface area is 208 Å². The molecule has 1 heterocycles. The van der Waals surface area contributed by atoms with Crippen molar-refractivity contribution in [2.24, 2.45) is 0 Å². The minimum atomic E-state index is -3.70. The van der Waals surface area contributed by atoms with Crippen LogP contribution >= 0.6 is 0 Å². The summed E-state index contributed by atoms with van der Waals surface area (Å²) in [6.07, 6.45) is 2.82. The molecule has 2 aromatic rings. The maximum atomic E-state index is 12.7. The molecule has 1 unspecified atom stereocenters. The highest BCUT2D eigenvalue weighted by Crippen LogP contribution is 2.24. The molecule has 1 atom stereocenters. The van der Waals surface area contributed by atoms with Crippen LogP contribution in [0.2, 0.25) is 0 Å². The number of rotatable bonds is 10. The van der Waals surface area contributed by atoms with Crippen molar-refractivity contribution < 1.29 is 26.4 Å². The van der Waals surface area contributed by atoms with Gasteiger partial charge in [-0.25, -0.2) is 16.8 Å². The monoisotopic (exact) mass is 523 g/mol. The second-order valence-electron chi connectivity index (χ2n) is 8.80. The molecule has 0 spiro atoms. The van der Waals surface area contributed by atoms with Gasteiger partial charge in [0.1, 0.15) is 18.4 Å². The number of nitrogens with one attached hydrogen (secondary N) is 1. The van der Waals surface area contributed by atoms with Crippen LogP contribution < -0.4 is 14.4 Å². The number of carbonyl (C=O) groups excluding carboxylic acids is 1. The van der Waals surface area contributed by atoms with Gasteiger partial charge in [0.05, 0.1) is 23.4 Å². The van der Waals surface area contributed by atoms with Crippen LogP contribution in [-0.2, 0) is 24.8 Å². The van der Waals surface area contributed by atoms with E-state index in [1.165, 1.54) is 23.4 Å². The zero-order valence-corrected chi connectivity index (χ0v) is 22.2. The summed E-state index contributed by atoms with van der Waals surface area (Å²) in [5, 5.41) is 2.70. The molecule has 0 radical (unpaired) electrons. The molecule has 1 fully saturated rings. The fourth-order valence-electron chi connectivity index (χ4n) is 4.16. The predicted octanol–water partition coefficient (Wildman–Crippen LogP) is 2.44. The third kappa shape index (κ3) is 6.74. The second-order valence-corrected chi connectivity index (χ2v) is 12.6. The minimum absolute atomic E-state index is 0.138. The van der Waals surface area contributed by atoms with Crippen LogP contribution in [0.5, 0.6) is 5.75 Å². The van der Waals surface area contributed by atoms with Crippen LogP contribution in [0.25, 0.3) is 0 Å². The van der Waals surface area contributed by atoms with Gasteiger partial charge in [-0.15, -0.1) is 0 Å². The van der Waals surface area contributed by atoms with E-state index in [1.54, 1.807) is 24.3 Å². The summed E-state index contributed by atoms with van der Waals surface area (Å²) in [7, 11) is -7.19. The van der Waals surface area contributed by atoms with Crippen molar-refractivity contribution in [3.05, 3.63) is 53.6 Å². The van der Waals surface area contributed by atoms with Crippen LogP contribution in [0.3, 0.4) is 0 Å². The minimum Gasteiger partial charge on any atom is -0.492 e. The standard InChI is InChI=1S/C24H33N3O6S2/c1-18-15-19(2)17-21(16-18)27(34(4,29)30)20(3)24(28)25-11-14-33-22-7-9-23(10-8-22)35(31,32)26-12-5-6-13-26/h7-10,15-17,20H,5-6,11-14H2,1-4H3,(H,25,28). The Morgan fingerprint density at radius 2 is 1.60 bits per heavy atom. The first-order valence-corrected chi connectivity index (χ1v) is 14.8. The predicted molar refractivity (Wildman–Crippen MR) is 136 cm³/mol. The van der Waals surface area contributed by atoms with E-state index < -0.39 is 32.0 Å². The maximum absolute atomic E-state index is 12.7. The first-order chi connectivity index (χ1) is 16.4. The van der Waals surface area contributed by atoms with Gasteiger partial charge in [-0.3, -0.25) is 9.10 Å². The van der Waals surface area contributed by atoms with E-state index in [4.69, 9.17) is 4.74 Å². The zero-order chi connectivity index (χ0) is 25.8. The molecule has 3 rings (SSSR count). The molecule has 2 aromatic carbocycles. The highest BCUT2D eigenvalue weighted by Gasteiger charge is 2.29. The number of benzene rings is 2. The third-order valence-corrected chi connectivity index (χ3v) is 8.90. The van der Waals surface area contributed by atoms with E-state index in [2.05, 4.69) is 5.32 Å². The number of ether oxygens (including phenoxy) is 1. The van der Waals surface area contributed by atoms with E-state index in [9.17, 15) is 21.6 Å². The first kappa shape index (κ1) is 27.0. The van der Waals surface area contributed by atoms with E-state index in [1.807, 2.05) is 19.9 Å². The Hall–Kier alpha value is -2.63. The van der Waals surface area contributed by atoms with Crippen LogP contribution in [0.15, 0.2) is 47.4 Å². The average Bonchev–Trinajstić information content (AvgIpc) is 3.31. The largest absolute Gasteiger partial charge is 0.492 e. The van der Waals surface area contributed by atoms with Gasteiger partial charge in [-0.1, -0.05) is 6.07 Å². The van der Waals surface area contributed by atoms with Gasteiger partial charge in [0.25, 0.3) is 0 Å². The topological polar surface area (TPSA) is 113 Å². The molecule has 1 aliphatic rings. The van der Waals surface area contributed by atoms with Crippen molar-refractivity contribution in [3.63, 3.8) is 0 Å². The summed E-state index contributed by atoms with van der Waals surface area (Å²) in [6.45, 7) is 6.65. The number of sulfonamides is 2. The van der Waals surface area contributed by atoms with Crippen LogP contribution in [0, 0.1) is 13.8 Å². The van der Waals surface area contributed by atoms with Crippen LogP contribution in [0.4, 0.5) is 5.69 Å². The molecule has 1 N–H and O–H groups in total. The Kier molecular flexibility index (Phi) is 8.45. The molecule has 0 aromatic heterocycles. The highest BCUT2D eigenvalue weighted by atomic mass is 32.2. The summed E-state index contributed by atoms with van der Waals surface area (Å²) in [4.78, 5) is 12.9. The molecule has 1 amide bonds. The van der Waals surface area contributed by atoms with Gasteiger partial charge in [0.15, 0.2) is 0 Å². The molecule has 0 saturated carbocycles. The molecule has 1 saturated heterocycles.